The molecule has 0 spiro atoms. The number of carboxylic acids is 1. The number of aliphatic carboxylic acids is 1. The lowest BCUT2D eigenvalue weighted by atomic mass is 9.93. The number of rotatable bonds is 4. The first-order chi connectivity index (χ1) is 8.24. The summed E-state index contributed by atoms with van der Waals surface area (Å²) >= 11 is 0. The number of aromatic hydroxyl groups is 2. The van der Waals surface area contributed by atoms with Gasteiger partial charge in [-0.05, 0) is 24.6 Å². The molecule has 1 aromatic carbocycles. The van der Waals surface area contributed by atoms with Gasteiger partial charge in [0.05, 0.1) is 0 Å². The van der Waals surface area contributed by atoms with Crippen LogP contribution in [0.15, 0.2) is 18.2 Å². The van der Waals surface area contributed by atoms with Crippen molar-refractivity contribution in [2.45, 2.75) is 18.9 Å². The van der Waals surface area contributed by atoms with E-state index in [4.69, 9.17) is 15.9 Å². The summed E-state index contributed by atoms with van der Waals surface area (Å²) in [6, 6.07) is 2.94. The molecule has 98 valence electrons. The van der Waals surface area contributed by atoms with E-state index < -0.39 is 17.5 Å². The van der Waals surface area contributed by atoms with E-state index in [1.807, 2.05) is 0 Å². The molecule has 0 bridgehead atoms. The van der Waals surface area contributed by atoms with Crippen molar-refractivity contribution in [1.82, 2.24) is 5.32 Å². The lowest BCUT2D eigenvalue weighted by Gasteiger charge is -2.25. The molecule has 0 saturated carbocycles. The van der Waals surface area contributed by atoms with Gasteiger partial charge in [-0.2, -0.15) is 0 Å². The predicted octanol–water partition coefficient (Wildman–Crippen LogP) is 0.152. The highest BCUT2D eigenvalue weighted by Gasteiger charge is 2.34. The third kappa shape index (κ3) is 3.03. The quantitative estimate of drug-likeness (QED) is 0.488. The number of nitrogens with one attached hydrogen (secondary N) is 1. The maximum atomic E-state index is 11.1. The molecule has 1 atom stereocenters. The maximum absolute atomic E-state index is 11.1. The molecule has 6 N–H and O–H groups in total. The molecule has 1 rings (SSSR count). The van der Waals surface area contributed by atoms with Crippen LogP contribution in [-0.2, 0) is 11.2 Å². The van der Waals surface area contributed by atoms with Gasteiger partial charge in [0.15, 0.2) is 11.5 Å². The predicted molar refractivity (Wildman–Crippen MR) is 62.2 cm³/mol. The Balaban J connectivity index is 3.00. The summed E-state index contributed by atoms with van der Waals surface area (Å²) in [7, 11) is 0. The topological polar surface area (TPSA) is 133 Å². The standard InChI is InChI=1S/C11H14N2O5/c1-11(9(16)17,13-10(12)18)5-6-2-3-7(14)8(15)4-6/h2-4,14-15H,5H2,1H3,(H,16,17)(H3,12,13,18). The van der Waals surface area contributed by atoms with E-state index in [1.165, 1.54) is 25.1 Å². The van der Waals surface area contributed by atoms with Crippen LogP contribution in [-0.4, -0.2) is 32.9 Å². The molecule has 0 heterocycles. The van der Waals surface area contributed by atoms with Gasteiger partial charge in [0.25, 0.3) is 0 Å². The zero-order valence-electron chi connectivity index (χ0n) is 9.67. The molecule has 7 heteroatoms. The van der Waals surface area contributed by atoms with Crippen LogP contribution >= 0.6 is 0 Å². The van der Waals surface area contributed by atoms with Crippen molar-refractivity contribution < 1.29 is 24.9 Å². The number of hydrogen-bond donors (Lipinski definition) is 5. The Bertz CT molecular complexity index is 488. The summed E-state index contributed by atoms with van der Waals surface area (Å²) in [4.78, 5) is 21.9. The zero-order valence-corrected chi connectivity index (χ0v) is 9.67. The summed E-state index contributed by atoms with van der Waals surface area (Å²) in [5, 5.41) is 29.7. The molecule has 2 amide bonds. The maximum Gasteiger partial charge on any atom is 0.329 e. The van der Waals surface area contributed by atoms with Crippen molar-refractivity contribution in [2.75, 3.05) is 0 Å². The Kier molecular flexibility index (Phi) is 3.65. The van der Waals surface area contributed by atoms with Gasteiger partial charge in [-0.25, -0.2) is 9.59 Å². The number of carbonyl (C=O) groups is 2. The fraction of sp³-hybridized carbons (Fsp3) is 0.273. The van der Waals surface area contributed by atoms with E-state index in [0.29, 0.717) is 5.56 Å². The Labute approximate surface area is 103 Å². The highest BCUT2D eigenvalue weighted by atomic mass is 16.4. The Hall–Kier alpha value is -2.44. The smallest absolute Gasteiger partial charge is 0.329 e. The van der Waals surface area contributed by atoms with Gasteiger partial charge >= 0.3 is 12.0 Å². The number of carbonyl (C=O) groups excluding carboxylic acids is 1. The van der Waals surface area contributed by atoms with Crippen molar-refractivity contribution in [2.24, 2.45) is 5.73 Å². The van der Waals surface area contributed by atoms with Crippen LogP contribution in [0.2, 0.25) is 0 Å². The summed E-state index contributed by atoms with van der Waals surface area (Å²) in [6.45, 7) is 1.30. The van der Waals surface area contributed by atoms with Crippen molar-refractivity contribution in [3.05, 3.63) is 23.8 Å². The summed E-state index contributed by atoms with van der Waals surface area (Å²) in [5.74, 6) is -1.92. The summed E-state index contributed by atoms with van der Waals surface area (Å²) < 4.78 is 0. The largest absolute Gasteiger partial charge is 0.504 e. The number of phenols is 2. The van der Waals surface area contributed by atoms with E-state index in [2.05, 4.69) is 5.32 Å². The van der Waals surface area contributed by atoms with Crippen LogP contribution < -0.4 is 11.1 Å². The second-order valence-electron chi connectivity index (χ2n) is 4.13. The molecule has 0 aliphatic heterocycles. The van der Waals surface area contributed by atoms with E-state index >= 15 is 0 Å². The van der Waals surface area contributed by atoms with Crippen LogP contribution in [0.4, 0.5) is 4.79 Å². The number of phenolic OH excluding ortho intramolecular Hbond substituents is 2. The van der Waals surface area contributed by atoms with Crippen molar-refractivity contribution in [3.63, 3.8) is 0 Å². The normalized spacial score (nSPS) is 13.6. The molecule has 1 aromatic rings. The fourth-order valence-electron chi connectivity index (χ4n) is 1.53. The van der Waals surface area contributed by atoms with Crippen molar-refractivity contribution in [3.8, 4) is 11.5 Å². The van der Waals surface area contributed by atoms with E-state index in [1.54, 1.807) is 0 Å². The second-order valence-corrected chi connectivity index (χ2v) is 4.13. The highest BCUT2D eigenvalue weighted by Crippen LogP contribution is 2.26. The highest BCUT2D eigenvalue weighted by molar-refractivity contribution is 5.85. The van der Waals surface area contributed by atoms with Gasteiger partial charge in [0.2, 0.25) is 0 Å². The average Bonchev–Trinajstić information content (AvgIpc) is 2.22. The molecule has 0 aromatic heterocycles. The van der Waals surface area contributed by atoms with Gasteiger partial charge in [0.1, 0.15) is 5.54 Å². The summed E-state index contributed by atoms with van der Waals surface area (Å²) in [5.41, 5.74) is 3.77. The molecule has 0 fully saturated rings. The SMILES string of the molecule is CC(Cc1ccc(O)c(O)c1)(NC(N)=O)C(=O)O. The summed E-state index contributed by atoms with van der Waals surface area (Å²) in [6.07, 6.45) is -0.0842. The first-order valence-corrected chi connectivity index (χ1v) is 5.06. The number of hydrogen-bond acceptors (Lipinski definition) is 4. The first kappa shape index (κ1) is 13.6. The minimum atomic E-state index is -1.59. The lowest BCUT2D eigenvalue weighted by Crippen LogP contribution is -2.55. The first-order valence-electron chi connectivity index (χ1n) is 5.06. The van der Waals surface area contributed by atoms with Crippen LogP contribution in [0.1, 0.15) is 12.5 Å². The minimum absolute atomic E-state index is 0.0842. The number of urea groups is 1. The number of carboxylic acid groups (broad SMARTS) is 1. The fourth-order valence-corrected chi connectivity index (χ4v) is 1.53. The van der Waals surface area contributed by atoms with E-state index in [9.17, 15) is 14.7 Å². The molecular weight excluding hydrogens is 240 g/mol. The lowest BCUT2D eigenvalue weighted by molar-refractivity contribution is -0.143. The van der Waals surface area contributed by atoms with E-state index in [-0.39, 0.29) is 17.9 Å². The van der Waals surface area contributed by atoms with Crippen LogP contribution in [0.25, 0.3) is 0 Å². The third-order valence-corrected chi connectivity index (χ3v) is 2.47. The molecule has 0 aliphatic carbocycles. The monoisotopic (exact) mass is 254 g/mol. The molecular formula is C11H14N2O5. The Morgan fingerprint density at radius 3 is 2.39 bits per heavy atom. The van der Waals surface area contributed by atoms with E-state index in [0.717, 1.165) is 0 Å². The minimum Gasteiger partial charge on any atom is -0.504 e. The van der Waals surface area contributed by atoms with Gasteiger partial charge in [0, 0.05) is 6.42 Å². The zero-order chi connectivity index (χ0) is 13.9. The molecule has 0 aliphatic rings. The Morgan fingerprint density at radius 1 is 1.33 bits per heavy atom. The second kappa shape index (κ2) is 4.82. The number of benzene rings is 1. The molecule has 18 heavy (non-hydrogen) atoms. The van der Waals surface area contributed by atoms with Crippen LogP contribution in [0, 0.1) is 0 Å². The number of amides is 2. The van der Waals surface area contributed by atoms with Gasteiger partial charge in [-0.1, -0.05) is 6.07 Å². The van der Waals surface area contributed by atoms with Crippen molar-refractivity contribution in [1.29, 1.82) is 0 Å². The Morgan fingerprint density at radius 2 is 1.94 bits per heavy atom. The number of nitrogens with two attached hydrogens (primary N) is 1. The molecule has 0 saturated heterocycles. The van der Waals surface area contributed by atoms with Gasteiger partial charge < -0.3 is 26.4 Å². The molecule has 1 unspecified atom stereocenters. The number of primary amides is 1. The third-order valence-electron chi connectivity index (χ3n) is 2.47. The van der Waals surface area contributed by atoms with Crippen LogP contribution in [0.3, 0.4) is 0 Å². The van der Waals surface area contributed by atoms with Gasteiger partial charge in [-0.15, -0.1) is 0 Å². The van der Waals surface area contributed by atoms with Crippen molar-refractivity contribution >= 4 is 12.0 Å². The molecule has 0 radical (unpaired) electrons. The molecule has 7 nitrogen and oxygen atoms in total. The van der Waals surface area contributed by atoms with Gasteiger partial charge in [-0.3, -0.25) is 0 Å². The average molecular weight is 254 g/mol. The van der Waals surface area contributed by atoms with Crippen LogP contribution in [0.5, 0.6) is 11.5 Å².